The molecule has 0 saturated heterocycles. The van der Waals surface area contributed by atoms with Crippen molar-refractivity contribution in [1.29, 1.82) is 0 Å². The molecule has 0 fully saturated rings. The fourth-order valence-electron chi connectivity index (χ4n) is 6.47. The van der Waals surface area contributed by atoms with E-state index in [0.717, 1.165) is 32.3 Å². The van der Waals surface area contributed by atoms with E-state index in [-0.39, 0.29) is 35.7 Å². The van der Waals surface area contributed by atoms with Crippen molar-refractivity contribution in [3.8, 4) is 0 Å². The lowest BCUT2D eigenvalue weighted by molar-refractivity contribution is 0.0532. The van der Waals surface area contributed by atoms with Crippen LogP contribution in [-0.4, -0.2) is 45.5 Å². The molecule has 6 nitrogen and oxygen atoms in total. The molecule has 0 aliphatic carbocycles. The van der Waals surface area contributed by atoms with Crippen LogP contribution in [-0.2, 0) is 0 Å². The second-order valence-corrected chi connectivity index (χ2v) is 10.6. The number of nitrogens with zero attached hydrogens (tertiary/aromatic N) is 2. The number of hydrogen-bond acceptors (Lipinski definition) is 4. The topological polar surface area (TPSA) is 74.8 Å². The lowest BCUT2D eigenvalue weighted by Gasteiger charge is -2.33. The predicted octanol–water partition coefficient (Wildman–Crippen LogP) is 6.53. The minimum absolute atomic E-state index is 0.201. The quantitative estimate of drug-likeness (QED) is 0.159. The van der Waals surface area contributed by atoms with Gasteiger partial charge in [0.2, 0.25) is 0 Å². The van der Waals surface area contributed by atoms with Crippen molar-refractivity contribution in [2.45, 2.75) is 52.6 Å². The maximum absolute atomic E-state index is 13.5. The van der Waals surface area contributed by atoms with E-state index in [1.807, 2.05) is 76.2 Å². The highest BCUT2D eigenvalue weighted by molar-refractivity contribution is 6.41. The van der Waals surface area contributed by atoms with Crippen LogP contribution in [0.15, 0.2) is 48.5 Å². The SMILES string of the molecule is CCC(C)N1C(=O)c2ccc3c4ccc5c6c(ccc(c7ccc(c2c37)C1=O)c64)C(=O)N(C(C)CC)C5=O. The molecule has 2 unspecified atom stereocenters. The van der Waals surface area contributed by atoms with E-state index in [1.54, 1.807) is 0 Å². The highest BCUT2D eigenvalue weighted by Crippen LogP contribution is 2.46. The van der Waals surface area contributed by atoms with Crippen LogP contribution in [0.4, 0.5) is 0 Å². The molecule has 2 heterocycles. The van der Waals surface area contributed by atoms with E-state index >= 15 is 0 Å². The maximum Gasteiger partial charge on any atom is 0.261 e. The largest absolute Gasteiger partial charge is 0.272 e. The highest BCUT2D eigenvalue weighted by atomic mass is 16.2. The van der Waals surface area contributed by atoms with Gasteiger partial charge in [0.1, 0.15) is 0 Å². The lowest BCUT2D eigenvalue weighted by Crippen LogP contribution is -2.45. The summed E-state index contributed by atoms with van der Waals surface area (Å²) < 4.78 is 0. The number of carbonyl (C=O) groups is 4. The molecule has 2 atom stereocenters. The average Bonchev–Trinajstić information content (AvgIpc) is 2.93. The smallest absolute Gasteiger partial charge is 0.261 e. The van der Waals surface area contributed by atoms with Gasteiger partial charge in [-0.05, 0) is 83.3 Å². The third-order valence-corrected chi connectivity index (χ3v) is 8.76. The number of rotatable bonds is 4. The Bertz CT molecular complexity index is 1660. The summed E-state index contributed by atoms with van der Waals surface area (Å²) >= 11 is 0. The Morgan fingerprint density at radius 3 is 0.974 bits per heavy atom. The molecular formula is C32H26N2O4. The monoisotopic (exact) mass is 502 g/mol. The van der Waals surface area contributed by atoms with Crippen molar-refractivity contribution in [3.05, 3.63) is 70.8 Å². The summed E-state index contributed by atoms with van der Waals surface area (Å²) in [5.41, 5.74) is 2.13. The van der Waals surface area contributed by atoms with Gasteiger partial charge in [-0.25, -0.2) is 0 Å². The summed E-state index contributed by atoms with van der Waals surface area (Å²) in [4.78, 5) is 56.8. The van der Waals surface area contributed by atoms with E-state index in [2.05, 4.69) is 0 Å². The number of carbonyl (C=O) groups excluding carboxylic acids is 4. The molecule has 0 spiro atoms. The molecule has 0 aromatic heterocycles. The molecule has 0 saturated carbocycles. The van der Waals surface area contributed by atoms with Crippen molar-refractivity contribution < 1.29 is 19.2 Å². The van der Waals surface area contributed by atoms with Gasteiger partial charge in [0.25, 0.3) is 23.6 Å². The molecule has 2 aliphatic heterocycles. The average molecular weight is 503 g/mol. The Hall–Kier alpha value is -4.32. The molecule has 5 aromatic carbocycles. The third kappa shape index (κ3) is 2.57. The standard InChI is InChI=1S/C32H26N2O4/c1-5-15(3)33-29(35)21-11-7-17-19-9-13-23-28-24(32(38)34(31(23)37)16(4)6-2)14-10-20(26(19)28)18-8-12-22(30(33)36)27(21)25(17)18/h7-16H,5-6H2,1-4H3. The van der Waals surface area contributed by atoms with Crippen LogP contribution in [0.2, 0.25) is 0 Å². The van der Waals surface area contributed by atoms with Gasteiger partial charge in [0, 0.05) is 45.1 Å². The number of fused-ring (bicyclic) bond motifs is 2. The molecule has 5 aromatic rings. The van der Waals surface area contributed by atoms with Crippen LogP contribution in [0.3, 0.4) is 0 Å². The van der Waals surface area contributed by atoms with Gasteiger partial charge in [-0.3, -0.25) is 29.0 Å². The van der Waals surface area contributed by atoms with Gasteiger partial charge in [-0.2, -0.15) is 0 Å². The molecule has 6 heteroatoms. The molecule has 38 heavy (non-hydrogen) atoms. The Balaban J connectivity index is 1.60. The van der Waals surface area contributed by atoms with E-state index in [1.165, 1.54) is 9.80 Å². The fourth-order valence-corrected chi connectivity index (χ4v) is 6.47. The van der Waals surface area contributed by atoms with Gasteiger partial charge in [-0.1, -0.05) is 38.1 Å². The van der Waals surface area contributed by atoms with Crippen molar-refractivity contribution in [3.63, 3.8) is 0 Å². The first-order valence-electron chi connectivity index (χ1n) is 13.3. The molecule has 0 N–H and O–H groups in total. The molecule has 7 rings (SSSR count). The van der Waals surface area contributed by atoms with Gasteiger partial charge in [0.15, 0.2) is 0 Å². The van der Waals surface area contributed by atoms with E-state index < -0.39 is 0 Å². The van der Waals surface area contributed by atoms with Crippen molar-refractivity contribution in [2.24, 2.45) is 0 Å². The zero-order chi connectivity index (χ0) is 26.6. The lowest BCUT2D eigenvalue weighted by atomic mass is 9.82. The Morgan fingerprint density at radius 1 is 0.474 bits per heavy atom. The number of hydrogen-bond donors (Lipinski definition) is 0. The van der Waals surface area contributed by atoms with Crippen molar-refractivity contribution >= 4 is 66.7 Å². The first-order chi connectivity index (χ1) is 18.3. The van der Waals surface area contributed by atoms with Crippen LogP contribution in [0.25, 0.3) is 43.1 Å². The predicted molar refractivity (Wildman–Crippen MR) is 148 cm³/mol. The van der Waals surface area contributed by atoms with Crippen molar-refractivity contribution in [1.82, 2.24) is 9.80 Å². The Morgan fingerprint density at radius 2 is 0.737 bits per heavy atom. The van der Waals surface area contributed by atoms with Crippen LogP contribution < -0.4 is 0 Å². The molecule has 0 bridgehead atoms. The molecular weight excluding hydrogens is 476 g/mol. The zero-order valence-corrected chi connectivity index (χ0v) is 21.7. The fraction of sp³-hybridized carbons (Fsp3) is 0.250. The van der Waals surface area contributed by atoms with Gasteiger partial charge in [-0.15, -0.1) is 0 Å². The Kier molecular flexibility index (Phi) is 4.57. The minimum atomic E-state index is -0.266. The normalized spacial score (nSPS) is 17.1. The van der Waals surface area contributed by atoms with Gasteiger partial charge < -0.3 is 0 Å². The van der Waals surface area contributed by atoms with Gasteiger partial charge >= 0.3 is 0 Å². The number of amides is 4. The van der Waals surface area contributed by atoms with Gasteiger partial charge in [0.05, 0.1) is 0 Å². The minimum Gasteiger partial charge on any atom is -0.272 e. The maximum atomic E-state index is 13.5. The number of benzene rings is 5. The molecule has 2 aliphatic rings. The van der Waals surface area contributed by atoms with Crippen molar-refractivity contribution in [2.75, 3.05) is 0 Å². The van der Waals surface area contributed by atoms with Crippen LogP contribution in [0, 0.1) is 0 Å². The molecule has 0 radical (unpaired) electrons. The second kappa shape index (κ2) is 7.60. The van der Waals surface area contributed by atoms with Crippen LogP contribution >= 0.6 is 0 Å². The highest BCUT2D eigenvalue weighted by Gasteiger charge is 2.38. The summed E-state index contributed by atoms with van der Waals surface area (Å²) in [6, 6.07) is 14.6. The summed E-state index contributed by atoms with van der Waals surface area (Å²) in [7, 11) is 0. The van der Waals surface area contributed by atoms with Crippen LogP contribution in [0.5, 0.6) is 0 Å². The third-order valence-electron chi connectivity index (χ3n) is 8.76. The molecule has 188 valence electrons. The zero-order valence-electron chi connectivity index (χ0n) is 21.7. The molecule has 4 amide bonds. The van der Waals surface area contributed by atoms with E-state index in [9.17, 15) is 19.2 Å². The second-order valence-electron chi connectivity index (χ2n) is 10.6. The summed E-state index contributed by atoms with van der Waals surface area (Å²) in [6.45, 7) is 7.72. The first-order valence-corrected chi connectivity index (χ1v) is 13.3. The Labute approximate surface area is 219 Å². The van der Waals surface area contributed by atoms with E-state index in [0.29, 0.717) is 45.9 Å². The van der Waals surface area contributed by atoms with E-state index in [4.69, 9.17) is 0 Å². The first kappa shape index (κ1) is 22.8. The summed E-state index contributed by atoms with van der Waals surface area (Å²) in [5.74, 6) is -1.06. The summed E-state index contributed by atoms with van der Waals surface area (Å²) in [6.07, 6.45) is 1.36. The van der Waals surface area contributed by atoms with Crippen LogP contribution in [0.1, 0.15) is 82.0 Å². The number of imide groups is 2. The summed E-state index contributed by atoms with van der Waals surface area (Å²) in [5, 5.41) is 6.72.